The Kier molecular flexibility index (Phi) is 7.36. The summed E-state index contributed by atoms with van der Waals surface area (Å²) in [4.78, 5) is 42.0. The van der Waals surface area contributed by atoms with Crippen LogP contribution in [0, 0.1) is 11.8 Å². The molecule has 0 saturated heterocycles. The fourth-order valence-electron chi connectivity index (χ4n) is 5.77. The first kappa shape index (κ1) is 25.4. The summed E-state index contributed by atoms with van der Waals surface area (Å²) in [5, 5.41) is 9.62. The Hall–Kier alpha value is -2.67. The summed E-state index contributed by atoms with van der Waals surface area (Å²) in [7, 11) is 1.76. The van der Waals surface area contributed by atoms with Crippen LogP contribution in [0.25, 0.3) is 5.57 Å². The Bertz CT molecular complexity index is 1020. The molecule has 1 atom stereocenters. The lowest BCUT2D eigenvalue weighted by Crippen LogP contribution is -2.51. The molecule has 0 radical (unpaired) electrons. The number of Topliss-reactive ketones (excluding diaryl/α,β-unsaturated/α-hetero) is 1. The number of carbonyl (C=O) groups is 3. The van der Waals surface area contributed by atoms with Crippen LogP contribution < -0.4 is 0 Å². The van der Waals surface area contributed by atoms with Gasteiger partial charge in [0.25, 0.3) is 0 Å². The van der Waals surface area contributed by atoms with Crippen LogP contribution in [0.4, 0.5) is 4.79 Å². The van der Waals surface area contributed by atoms with Gasteiger partial charge in [0.2, 0.25) is 5.91 Å². The Labute approximate surface area is 208 Å². The van der Waals surface area contributed by atoms with E-state index in [9.17, 15) is 19.5 Å². The van der Waals surface area contributed by atoms with Crippen molar-refractivity contribution in [2.45, 2.75) is 70.9 Å². The van der Waals surface area contributed by atoms with Crippen LogP contribution in [-0.4, -0.2) is 71.1 Å². The van der Waals surface area contributed by atoms with Gasteiger partial charge in [-0.2, -0.15) is 0 Å². The summed E-state index contributed by atoms with van der Waals surface area (Å²) in [6.45, 7) is 6.08. The van der Waals surface area contributed by atoms with Crippen molar-refractivity contribution in [2.24, 2.45) is 11.8 Å². The van der Waals surface area contributed by atoms with Gasteiger partial charge in [-0.3, -0.25) is 9.59 Å². The van der Waals surface area contributed by atoms with Crippen molar-refractivity contribution < 1.29 is 24.2 Å². The van der Waals surface area contributed by atoms with E-state index in [-0.39, 0.29) is 23.7 Å². The van der Waals surface area contributed by atoms with Gasteiger partial charge in [0.15, 0.2) is 5.78 Å². The fraction of sp³-hybridized carbons (Fsp3) is 0.607. The fourth-order valence-corrected chi connectivity index (χ4v) is 5.77. The Balaban J connectivity index is 1.38. The molecule has 2 aliphatic carbocycles. The van der Waals surface area contributed by atoms with E-state index in [0.717, 1.165) is 32.1 Å². The zero-order valence-corrected chi connectivity index (χ0v) is 21.4. The second-order valence-corrected chi connectivity index (χ2v) is 11.3. The van der Waals surface area contributed by atoms with Gasteiger partial charge in [0.05, 0.1) is 6.04 Å². The van der Waals surface area contributed by atoms with Gasteiger partial charge in [-0.15, -0.1) is 0 Å². The smallest absolute Gasteiger partial charge is 0.410 e. The molecule has 2 amide bonds. The number of ketones is 1. The van der Waals surface area contributed by atoms with E-state index in [0.29, 0.717) is 25.4 Å². The van der Waals surface area contributed by atoms with Gasteiger partial charge >= 0.3 is 6.09 Å². The molecule has 3 aliphatic rings. The van der Waals surface area contributed by atoms with Gasteiger partial charge in [-0.05, 0) is 81.1 Å². The van der Waals surface area contributed by atoms with E-state index < -0.39 is 18.2 Å². The molecular formula is C28H38N2O5. The highest BCUT2D eigenvalue weighted by Gasteiger charge is 2.41. The highest BCUT2D eigenvalue weighted by Crippen LogP contribution is 2.41. The van der Waals surface area contributed by atoms with Crippen LogP contribution in [0.15, 0.2) is 29.8 Å². The third-order valence-corrected chi connectivity index (χ3v) is 7.55. The largest absolute Gasteiger partial charge is 0.444 e. The molecule has 1 N–H and O–H groups in total. The number of fused-ring (bicyclic) bond motifs is 2. The van der Waals surface area contributed by atoms with Crippen LogP contribution in [0.1, 0.15) is 64.0 Å². The maximum atomic E-state index is 13.6. The molecule has 35 heavy (non-hydrogen) atoms. The number of amides is 2. The van der Waals surface area contributed by atoms with Crippen molar-refractivity contribution in [2.75, 3.05) is 26.7 Å². The molecule has 1 aromatic rings. The van der Waals surface area contributed by atoms with Crippen molar-refractivity contribution in [3.63, 3.8) is 0 Å². The van der Waals surface area contributed by atoms with Crippen molar-refractivity contribution in [1.82, 2.24) is 9.80 Å². The summed E-state index contributed by atoms with van der Waals surface area (Å²) in [6.07, 6.45) is 4.18. The van der Waals surface area contributed by atoms with Gasteiger partial charge in [0.1, 0.15) is 12.2 Å². The minimum atomic E-state index is -0.603. The molecule has 0 unspecified atom stereocenters. The first-order chi connectivity index (χ1) is 16.6. The number of aliphatic hydroxyl groups excluding tert-OH is 1. The average molecular weight is 483 g/mol. The lowest BCUT2D eigenvalue weighted by Gasteiger charge is -2.39. The third kappa shape index (κ3) is 5.61. The number of ether oxygens (including phenoxy) is 1. The molecule has 0 spiro atoms. The van der Waals surface area contributed by atoms with Crippen LogP contribution in [-0.2, 0) is 20.7 Å². The number of carbonyl (C=O) groups excluding carboxylic acids is 3. The lowest BCUT2D eigenvalue weighted by atomic mass is 9.80. The summed E-state index contributed by atoms with van der Waals surface area (Å²) in [5.41, 5.74) is 4.29. The van der Waals surface area contributed by atoms with Crippen LogP contribution >= 0.6 is 0 Å². The monoisotopic (exact) mass is 482 g/mol. The second-order valence-electron chi connectivity index (χ2n) is 11.3. The van der Waals surface area contributed by atoms with Crippen molar-refractivity contribution in [1.29, 1.82) is 0 Å². The maximum absolute atomic E-state index is 13.6. The zero-order valence-electron chi connectivity index (χ0n) is 21.4. The minimum absolute atomic E-state index is 0.0262. The van der Waals surface area contributed by atoms with E-state index in [1.807, 2.05) is 32.9 Å². The zero-order chi connectivity index (χ0) is 25.3. The standard InChI is InChI=1S/C28H38N2O5/c1-28(2,3)35-27(34)29(4)15-18-9-11-19(12-10-18)26(33)30-16-21-13-20-7-5-6-8-22(20)23(21)14-24(30)25(32)17-31/h5-8,18-19,24,31H,9-17H2,1-4H3/t18?,19?,24-/m0/s1. The summed E-state index contributed by atoms with van der Waals surface area (Å²) in [5.74, 6) is -0.0651. The first-order valence-corrected chi connectivity index (χ1v) is 12.7. The molecule has 1 aromatic carbocycles. The molecule has 1 aliphatic heterocycles. The number of rotatable bonds is 5. The van der Waals surface area contributed by atoms with E-state index in [1.54, 1.807) is 16.8 Å². The highest BCUT2D eigenvalue weighted by atomic mass is 16.6. The van der Waals surface area contributed by atoms with Gasteiger partial charge in [-0.1, -0.05) is 24.3 Å². The second kappa shape index (κ2) is 10.1. The summed E-state index contributed by atoms with van der Waals surface area (Å²) >= 11 is 0. The van der Waals surface area contributed by atoms with Crippen molar-refractivity contribution in [3.05, 3.63) is 41.0 Å². The molecule has 4 rings (SSSR count). The molecule has 7 nitrogen and oxygen atoms in total. The molecule has 7 heteroatoms. The number of benzene rings is 1. The van der Waals surface area contributed by atoms with Crippen molar-refractivity contribution >= 4 is 23.4 Å². The summed E-state index contributed by atoms with van der Waals surface area (Å²) < 4.78 is 5.45. The van der Waals surface area contributed by atoms with Crippen LogP contribution in [0.2, 0.25) is 0 Å². The number of nitrogens with zero attached hydrogens (tertiary/aromatic N) is 2. The molecule has 1 fully saturated rings. The van der Waals surface area contributed by atoms with Crippen LogP contribution in [0.5, 0.6) is 0 Å². The molecule has 190 valence electrons. The quantitative estimate of drug-likeness (QED) is 0.689. The molecule has 0 aromatic heterocycles. The highest BCUT2D eigenvalue weighted by molar-refractivity contribution is 5.94. The first-order valence-electron chi connectivity index (χ1n) is 12.7. The van der Waals surface area contributed by atoms with Crippen LogP contribution in [0.3, 0.4) is 0 Å². The predicted molar refractivity (Wildman–Crippen MR) is 134 cm³/mol. The molecule has 0 bridgehead atoms. The number of hydrogen-bond acceptors (Lipinski definition) is 5. The Morgan fingerprint density at radius 3 is 2.46 bits per heavy atom. The van der Waals surface area contributed by atoms with E-state index in [4.69, 9.17) is 4.74 Å². The maximum Gasteiger partial charge on any atom is 0.410 e. The van der Waals surface area contributed by atoms with Gasteiger partial charge in [0, 0.05) is 32.5 Å². The van der Waals surface area contributed by atoms with Gasteiger partial charge in [-0.25, -0.2) is 4.79 Å². The van der Waals surface area contributed by atoms with Gasteiger partial charge < -0.3 is 19.6 Å². The summed E-state index contributed by atoms with van der Waals surface area (Å²) in [6, 6.07) is 7.63. The minimum Gasteiger partial charge on any atom is -0.444 e. The Morgan fingerprint density at radius 2 is 1.80 bits per heavy atom. The molecule has 1 heterocycles. The van der Waals surface area contributed by atoms with Crippen molar-refractivity contribution in [3.8, 4) is 0 Å². The number of aliphatic hydroxyl groups is 1. The normalized spacial score (nSPS) is 24.0. The lowest BCUT2D eigenvalue weighted by molar-refractivity contribution is -0.144. The average Bonchev–Trinajstić information content (AvgIpc) is 3.19. The SMILES string of the molecule is CN(CC1CCC(C(=O)N2CC3=C(C[C@H]2C(=O)CO)c2ccccc2C3)CC1)C(=O)OC(C)(C)C. The third-order valence-electron chi connectivity index (χ3n) is 7.55. The van der Waals surface area contributed by atoms with E-state index in [1.165, 1.54) is 22.3 Å². The topological polar surface area (TPSA) is 87.2 Å². The van der Waals surface area contributed by atoms with E-state index >= 15 is 0 Å². The predicted octanol–water partition coefficient (Wildman–Crippen LogP) is 3.83. The molecule has 1 saturated carbocycles. The van der Waals surface area contributed by atoms with E-state index in [2.05, 4.69) is 12.1 Å². The number of hydrogen-bond donors (Lipinski definition) is 1. The molecular weight excluding hydrogens is 444 g/mol. The Morgan fingerprint density at radius 1 is 1.11 bits per heavy atom.